The summed E-state index contributed by atoms with van der Waals surface area (Å²) in [6.07, 6.45) is 6.62. The lowest BCUT2D eigenvalue weighted by atomic mass is 9.93. The highest BCUT2D eigenvalue weighted by atomic mass is 35.5. The molecule has 1 saturated heterocycles. The zero-order chi connectivity index (χ0) is 15.5. The fourth-order valence-electron chi connectivity index (χ4n) is 3.05. The van der Waals surface area contributed by atoms with Gasteiger partial charge in [0.05, 0.1) is 12.4 Å². The second-order valence-corrected chi connectivity index (χ2v) is 6.00. The minimum absolute atomic E-state index is 0. The summed E-state index contributed by atoms with van der Waals surface area (Å²) in [6, 6.07) is 7.88. The van der Waals surface area contributed by atoms with Crippen LogP contribution >= 0.6 is 12.4 Å². The van der Waals surface area contributed by atoms with E-state index in [9.17, 15) is 4.79 Å². The third-order valence-electron chi connectivity index (χ3n) is 4.55. The number of rotatable bonds is 3. The Hall–Kier alpha value is -1.85. The van der Waals surface area contributed by atoms with E-state index in [2.05, 4.69) is 16.5 Å². The van der Waals surface area contributed by atoms with Gasteiger partial charge in [0.15, 0.2) is 0 Å². The Balaban J connectivity index is 0.00000192. The van der Waals surface area contributed by atoms with Gasteiger partial charge in [-0.2, -0.15) is 0 Å². The van der Waals surface area contributed by atoms with Gasteiger partial charge in [0.2, 0.25) is 0 Å². The molecule has 2 unspecified atom stereocenters. The predicted octanol–water partition coefficient (Wildman–Crippen LogP) is 2.49. The van der Waals surface area contributed by atoms with Crippen molar-refractivity contribution in [1.29, 1.82) is 0 Å². The number of likely N-dealkylation sites (tertiary alicyclic amines) is 1. The number of carbonyl (C=O) groups is 1. The minimum Gasteiger partial charge on any atom is -0.337 e. The standard InChI is InChI=1S/C17H22N4O.ClH/c1-13-6-8-20(11-16(13)21-9-7-19-12-21)17(22)15-4-2-14(10-18)3-5-15;/h2-5,7,9,12-13,16H,6,8,10-11,18H2,1H3;1H. The number of amides is 1. The Morgan fingerprint density at radius 2 is 2.09 bits per heavy atom. The molecule has 2 N–H and O–H groups in total. The topological polar surface area (TPSA) is 64.2 Å². The van der Waals surface area contributed by atoms with Crippen molar-refractivity contribution in [1.82, 2.24) is 14.5 Å². The molecule has 2 aromatic rings. The zero-order valence-electron chi connectivity index (χ0n) is 13.3. The van der Waals surface area contributed by atoms with E-state index in [0.29, 0.717) is 18.5 Å². The van der Waals surface area contributed by atoms with E-state index >= 15 is 0 Å². The van der Waals surface area contributed by atoms with Crippen LogP contribution in [0.4, 0.5) is 0 Å². The molecule has 5 nitrogen and oxygen atoms in total. The molecule has 0 radical (unpaired) electrons. The average molecular weight is 335 g/mol. The van der Waals surface area contributed by atoms with Gasteiger partial charge >= 0.3 is 0 Å². The molecule has 2 heterocycles. The van der Waals surface area contributed by atoms with Crippen LogP contribution in [0, 0.1) is 5.92 Å². The van der Waals surface area contributed by atoms with Crippen molar-refractivity contribution in [2.45, 2.75) is 25.9 Å². The van der Waals surface area contributed by atoms with Gasteiger partial charge in [-0.15, -0.1) is 12.4 Å². The van der Waals surface area contributed by atoms with Crippen LogP contribution in [0.25, 0.3) is 0 Å². The summed E-state index contributed by atoms with van der Waals surface area (Å²) in [5.74, 6) is 0.637. The fraction of sp³-hybridized carbons (Fsp3) is 0.412. The van der Waals surface area contributed by atoms with Crippen molar-refractivity contribution < 1.29 is 4.79 Å². The summed E-state index contributed by atoms with van der Waals surface area (Å²) in [5.41, 5.74) is 7.38. The summed E-state index contributed by atoms with van der Waals surface area (Å²) in [4.78, 5) is 18.8. The van der Waals surface area contributed by atoms with Gasteiger partial charge in [-0.25, -0.2) is 4.98 Å². The molecule has 1 aliphatic heterocycles. The molecule has 23 heavy (non-hydrogen) atoms. The lowest BCUT2D eigenvalue weighted by Gasteiger charge is -2.37. The lowest BCUT2D eigenvalue weighted by molar-refractivity contribution is 0.0621. The number of carbonyl (C=O) groups excluding carboxylic acids is 1. The van der Waals surface area contributed by atoms with Gasteiger partial charge in [-0.05, 0) is 30.0 Å². The molecular weight excluding hydrogens is 312 g/mol. The Bertz CT molecular complexity index is 627. The number of benzene rings is 1. The highest BCUT2D eigenvalue weighted by molar-refractivity contribution is 5.94. The fourth-order valence-corrected chi connectivity index (χ4v) is 3.05. The first kappa shape index (κ1) is 17.5. The maximum Gasteiger partial charge on any atom is 0.253 e. The maximum absolute atomic E-state index is 12.7. The largest absolute Gasteiger partial charge is 0.337 e. The molecule has 1 amide bonds. The third-order valence-corrected chi connectivity index (χ3v) is 4.55. The molecular formula is C17H23ClN4O. The molecule has 1 aliphatic rings. The van der Waals surface area contributed by atoms with Crippen molar-refractivity contribution in [3.8, 4) is 0 Å². The van der Waals surface area contributed by atoms with Crippen molar-refractivity contribution in [2.75, 3.05) is 13.1 Å². The minimum atomic E-state index is 0. The van der Waals surface area contributed by atoms with E-state index in [1.165, 1.54) is 0 Å². The molecule has 0 saturated carbocycles. The van der Waals surface area contributed by atoms with Gasteiger partial charge < -0.3 is 15.2 Å². The first-order valence-corrected chi connectivity index (χ1v) is 7.74. The number of piperidine rings is 1. The van der Waals surface area contributed by atoms with Crippen LogP contribution in [0.2, 0.25) is 0 Å². The molecule has 6 heteroatoms. The molecule has 0 spiro atoms. The van der Waals surface area contributed by atoms with E-state index < -0.39 is 0 Å². The normalized spacial score (nSPS) is 20.9. The summed E-state index contributed by atoms with van der Waals surface area (Å²) < 4.78 is 2.11. The van der Waals surface area contributed by atoms with Gasteiger partial charge in [0.25, 0.3) is 5.91 Å². The van der Waals surface area contributed by atoms with Crippen LogP contribution in [0.15, 0.2) is 43.0 Å². The van der Waals surface area contributed by atoms with Crippen molar-refractivity contribution in [3.63, 3.8) is 0 Å². The van der Waals surface area contributed by atoms with E-state index in [1.54, 1.807) is 6.20 Å². The number of nitrogens with two attached hydrogens (primary N) is 1. The smallest absolute Gasteiger partial charge is 0.253 e. The number of nitrogens with zero attached hydrogens (tertiary/aromatic N) is 3. The Labute approximate surface area is 142 Å². The number of halogens is 1. The highest BCUT2D eigenvalue weighted by Gasteiger charge is 2.30. The van der Waals surface area contributed by atoms with Crippen molar-refractivity contribution in [2.24, 2.45) is 11.7 Å². The molecule has 0 aliphatic carbocycles. The van der Waals surface area contributed by atoms with Crippen molar-refractivity contribution in [3.05, 3.63) is 54.1 Å². The Kier molecular flexibility index (Phi) is 5.80. The van der Waals surface area contributed by atoms with E-state index in [1.807, 2.05) is 41.7 Å². The second-order valence-electron chi connectivity index (χ2n) is 6.00. The van der Waals surface area contributed by atoms with Gasteiger partial charge in [0.1, 0.15) is 0 Å². The van der Waals surface area contributed by atoms with Gasteiger partial charge in [-0.3, -0.25) is 4.79 Å². The van der Waals surface area contributed by atoms with Crippen molar-refractivity contribution >= 4 is 18.3 Å². The first-order chi connectivity index (χ1) is 10.7. The summed E-state index contributed by atoms with van der Waals surface area (Å²) in [6.45, 7) is 4.28. The van der Waals surface area contributed by atoms with Crippen LogP contribution in [0.3, 0.4) is 0 Å². The van der Waals surface area contributed by atoms with Crippen LogP contribution < -0.4 is 5.73 Å². The van der Waals surface area contributed by atoms with E-state index in [-0.39, 0.29) is 18.3 Å². The predicted molar refractivity (Wildman–Crippen MR) is 92.5 cm³/mol. The molecule has 124 valence electrons. The molecule has 1 aromatic carbocycles. The Morgan fingerprint density at radius 1 is 1.35 bits per heavy atom. The summed E-state index contributed by atoms with van der Waals surface area (Å²) in [5, 5.41) is 0. The number of aromatic nitrogens is 2. The SMILES string of the molecule is CC1CCN(C(=O)c2ccc(CN)cc2)CC1n1ccnc1.Cl. The lowest BCUT2D eigenvalue weighted by Crippen LogP contribution is -2.43. The highest BCUT2D eigenvalue weighted by Crippen LogP contribution is 2.28. The zero-order valence-corrected chi connectivity index (χ0v) is 14.1. The molecule has 0 bridgehead atoms. The summed E-state index contributed by atoms with van der Waals surface area (Å²) >= 11 is 0. The van der Waals surface area contributed by atoms with Crippen LogP contribution in [-0.2, 0) is 6.54 Å². The van der Waals surface area contributed by atoms with Crippen LogP contribution in [-0.4, -0.2) is 33.4 Å². The molecule has 1 fully saturated rings. The number of hydrogen-bond donors (Lipinski definition) is 1. The molecule has 1 aromatic heterocycles. The maximum atomic E-state index is 12.7. The van der Waals surface area contributed by atoms with Crippen LogP contribution in [0.5, 0.6) is 0 Å². The number of imidazole rings is 1. The molecule has 3 rings (SSSR count). The Morgan fingerprint density at radius 3 is 2.70 bits per heavy atom. The van der Waals surface area contributed by atoms with E-state index in [0.717, 1.165) is 30.6 Å². The van der Waals surface area contributed by atoms with E-state index in [4.69, 9.17) is 5.73 Å². The van der Waals surface area contributed by atoms with Gasteiger partial charge in [0, 0.05) is 37.6 Å². The number of hydrogen-bond acceptors (Lipinski definition) is 3. The first-order valence-electron chi connectivity index (χ1n) is 7.74. The monoisotopic (exact) mass is 334 g/mol. The average Bonchev–Trinajstić information content (AvgIpc) is 3.09. The summed E-state index contributed by atoms with van der Waals surface area (Å²) in [7, 11) is 0. The second kappa shape index (κ2) is 7.62. The van der Waals surface area contributed by atoms with Crippen LogP contribution in [0.1, 0.15) is 35.3 Å². The third kappa shape index (κ3) is 3.74. The quantitative estimate of drug-likeness (QED) is 0.938. The van der Waals surface area contributed by atoms with Gasteiger partial charge in [-0.1, -0.05) is 19.1 Å². The molecule has 2 atom stereocenters.